The van der Waals surface area contributed by atoms with Gasteiger partial charge >= 0.3 is 0 Å². The maximum atomic E-state index is 13.8. The average Bonchev–Trinajstić information content (AvgIpc) is 2.52. The van der Waals surface area contributed by atoms with Gasteiger partial charge in [-0.2, -0.15) is 5.26 Å². The summed E-state index contributed by atoms with van der Waals surface area (Å²) < 4.78 is 24.9. The van der Waals surface area contributed by atoms with E-state index in [1.807, 2.05) is 13.0 Å². The molecule has 0 amide bonds. The van der Waals surface area contributed by atoms with Crippen LogP contribution in [-0.4, -0.2) is 26.0 Å². The van der Waals surface area contributed by atoms with Crippen molar-refractivity contribution in [1.82, 2.24) is 5.32 Å². The van der Waals surface area contributed by atoms with Crippen molar-refractivity contribution in [2.45, 2.75) is 38.5 Å². The second kappa shape index (κ2) is 8.08. The zero-order chi connectivity index (χ0) is 15.1. The van der Waals surface area contributed by atoms with E-state index in [0.717, 1.165) is 25.9 Å². The summed E-state index contributed by atoms with van der Waals surface area (Å²) in [5.41, 5.74) is 0.893. The lowest BCUT2D eigenvalue weighted by Crippen LogP contribution is -2.28. The van der Waals surface area contributed by atoms with E-state index in [1.165, 1.54) is 6.07 Å². The minimum atomic E-state index is -0.356. The Morgan fingerprint density at radius 2 is 2.38 bits per heavy atom. The summed E-state index contributed by atoms with van der Waals surface area (Å²) in [5.74, 6) is -0.356. The minimum absolute atomic E-state index is 0.0949. The van der Waals surface area contributed by atoms with Crippen LogP contribution in [0.1, 0.15) is 43.4 Å². The topological polar surface area (TPSA) is 54.3 Å². The molecule has 2 rings (SSSR count). The fourth-order valence-electron chi connectivity index (χ4n) is 2.37. The van der Waals surface area contributed by atoms with Crippen LogP contribution in [0.5, 0.6) is 0 Å². The molecule has 0 aliphatic carbocycles. The quantitative estimate of drug-likeness (QED) is 0.819. The molecule has 0 bridgehead atoms. The molecule has 1 aliphatic rings. The first-order chi connectivity index (χ1) is 10.2. The van der Waals surface area contributed by atoms with Crippen molar-refractivity contribution >= 4 is 0 Å². The number of hydrogen-bond acceptors (Lipinski definition) is 4. The molecule has 114 valence electrons. The Bertz CT molecular complexity index is 496. The van der Waals surface area contributed by atoms with Gasteiger partial charge in [0.25, 0.3) is 0 Å². The molecule has 1 N–H and O–H groups in total. The number of halogens is 1. The smallest absolute Gasteiger partial charge is 0.157 e. The molecule has 0 spiro atoms. The van der Waals surface area contributed by atoms with Crippen LogP contribution in [-0.2, 0) is 9.47 Å². The molecule has 1 aromatic rings. The molecule has 0 saturated carbocycles. The lowest BCUT2D eigenvalue weighted by molar-refractivity contribution is -0.161. The Balaban J connectivity index is 1.74. The summed E-state index contributed by atoms with van der Waals surface area (Å²) in [6, 6.07) is 6.34. The van der Waals surface area contributed by atoms with Gasteiger partial charge in [0.1, 0.15) is 5.82 Å². The van der Waals surface area contributed by atoms with E-state index in [4.69, 9.17) is 14.7 Å². The van der Waals surface area contributed by atoms with Gasteiger partial charge in [0, 0.05) is 24.8 Å². The number of hydrogen-bond donors (Lipinski definition) is 1. The predicted molar refractivity (Wildman–Crippen MR) is 77.1 cm³/mol. The van der Waals surface area contributed by atoms with Gasteiger partial charge in [-0.25, -0.2) is 4.39 Å². The molecule has 1 heterocycles. The number of rotatable bonds is 6. The summed E-state index contributed by atoms with van der Waals surface area (Å²) in [6.45, 7) is 3.82. The van der Waals surface area contributed by atoms with Crippen LogP contribution in [0.2, 0.25) is 0 Å². The number of nitrogens with zero attached hydrogens (tertiary/aromatic N) is 1. The lowest BCUT2D eigenvalue weighted by Gasteiger charge is -2.23. The molecule has 21 heavy (non-hydrogen) atoms. The highest BCUT2D eigenvalue weighted by Gasteiger charge is 2.14. The van der Waals surface area contributed by atoms with Crippen molar-refractivity contribution in [3.8, 4) is 6.07 Å². The van der Waals surface area contributed by atoms with Gasteiger partial charge < -0.3 is 14.8 Å². The largest absolute Gasteiger partial charge is 0.353 e. The van der Waals surface area contributed by atoms with Gasteiger partial charge in [-0.15, -0.1) is 0 Å². The van der Waals surface area contributed by atoms with E-state index >= 15 is 0 Å². The molecule has 2 unspecified atom stereocenters. The Morgan fingerprint density at radius 3 is 3.05 bits per heavy atom. The van der Waals surface area contributed by atoms with Gasteiger partial charge in [-0.05, 0) is 38.3 Å². The van der Waals surface area contributed by atoms with Crippen molar-refractivity contribution in [2.24, 2.45) is 0 Å². The van der Waals surface area contributed by atoms with Gasteiger partial charge in [-0.1, -0.05) is 6.07 Å². The SMILES string of the molecule is CC(NCCOC1CCCCO1)c1ccc(C#N)cc1F. The van der Waals surface area contributed by atoms with Crippen molar-refractivity contribution in [3.63, 3.8) is 0 Å². The van der Waals surface area contributed by atoms with Crippen LogP contribution in [0.4, 0.5) is 4.39 Å². The maximum absolute atomic E-state index is 13.8. The van der Waals surface area contributed by atoms with Crippen LogP contribution in [0, 0.1) is 17.1 Å². The Labute approximate surface area is 124 Å². The minimum Gasteiger partial charge on any atom is -0.353 e. The van der Waals surface area contributed by atoms with Crippen LogP contribution in [0.3, 0.4) is 0 Å². The average molecular weight is 292 g/mol. The van der Waals surface area contributed by atoms with Crippen LogP contribution < -0.4 is 5.32 Å². The zero-order valence-corrected chi connectivity index (χ0v) is 12.3. The number of ether oxygens (including phenoxy) is 2. The molecule has 2 atom stereocenters. The predicted octanol–water partition coefficient (Wildman–Crippen LogP) is 2.89. The second-order valence-corrected chi connectivity index (χ2v) is 5.19. The summed E-state index contributed by atoms with van der Waals surface area (Å²) >= 11 is 0. The van der Waals surface area contributed by atoms with Crippen LogP contribution in [0.25, 0.3) is 0 Å². The zero-order valence-electron chi connectivity index (χ0n) is 12.3. The van der Waals surface area contributed by atoms with Gasteiger partial charge in [0.15, 0.2) is 6.29 Å². The third-order valence-corrected chi connectivity index (χ3v) is 3.59. The number of nitriles is 1. The highest BCUT2D eigenvalue weighted by atomic mass is 19.1. The molecular weight excluding hydrogens is 271 g/mol. The molecule has 0 aromatic heterocycles. The molecular formula is C16H21FN2O2. The molecule has 1 fully saturated rings. The molecule has 1 aliphatic heterocycles. The molecule has 0 radical (unpaired) electrons. The van der Waals surface area contributed by atoms with Gasteiger partial charge in [0.2, 0.25) is 0 Å². The van der Waals surface area contributed by atoms with Gasteiger partial charge in [-0.3, -0.25) is 0 Å². The first-order valence-corrected chi connectivity index (χ1v) is 7.37. The molecule has 5 heteroatoms. The Kier molecular flexibility index (Phi) is 6.12. The van der Waals surface area contributed by atoms with Crippen molar-refractivity contribution in [3.05, 3.63) is 35.1 Å². The van der Waals surface area contributed by atoms with Crippen LogP contribution in [0.15, 0.2) is 18.2 Å². The molecule has 1 aromatic carbocycles. The maximum Gasteiger partial charge on any atom is 0.157 e. The summed E-state index contributed by atoms with van der Waals surface area (Å²) in [6.07, 6.45) is 3.10. The summed E-state index contributed by atoms with van der Waals surface area (Å²) in [4.78, 5) is 0. The van der Waals surface area contributed by atoms with E-state index in [2.05, 4.69) is 5.32 Å². The van der Waals surface area contributed by atoms with Crippen molar-refractivity contribution in [1.29, 1.82) is 5.26 Å². The van der Waals surface area contributed by atoms with Crippen LogP contribution >= 0.6 is 0 Å². The van der Waals surface area contributed by atoms with Gasteiger partial charge in [0.05, 0.1) is 18.2 Å². The standard InChI is InChI=1S/C16H21FN2O2/c1-12(14-6-5-13(11-18)10-15(14)17)19-7-9-21-16-4-2-3-8-20-16/h5-6,10,12,16,19H,2-4,7-9H2,1H3. The van der Waals surface area contributed by atoms with Crippen molar-refractivity contribution in [2.75, 3.05) is 19.8 Å². The second-order valence-electron chi connectivity index (χ2n) is 5.19. The molecule has 4 nitrogen and oxygen atoms in total. The monoisotopic (exact) mass is 292 g/mol. The molecule has 1 saturated heterocycles. The third-order valence-electron chi connectivity index (χ3n) is 3.59. The van der Waals surface area contributed by atoms with Crippen molar-refractivity contribution < 1.29 is 13.9 Å². The van der Waals surface area contributed by atoms with E-state index in [9.17, 15) is 4.39 Å². The number of nitrogens with one attached hydrogen (secondary N) is 1. The number of benzene rings is 1. The van der Waals surface area contributed by atoms with E-state index < -0.39 is 0 Å². The first-order valence-electron chi connectivity index (χ1n) is 7.37. The summed E-state index contributed by atoms with van der Waals surface area (Å²) in [7, 11) is 0. The Morgan fingerprint density at radius 1 is 1.52 bits per heavy atom. The lowest BCUT2D eigenvalue weighted by atomic mass is 10.1. The van der Waals surface area contributed by atoms with E-state index in [1.54, 1.807) is 12.1 Å². The fraction of sp³-hybridized carbons (Fsp3) is 0.562. The Hall–Kier alpha value is -1.48. The fourth-order valence-corrected chi connectivity index (χ4v) is 2.37. The highest BCUT2D eigenvalue weighted by molar-refractivity contribution is 5.34. The summed E-state index contributed by atoms with van der Waals surface area (Å²) in [5, 5.41) is 11.9. The normalized spacial score (nSPS) is 20.0. The van der Waals surface area contributed by atoms with E-state index in [0.29, 0.717) is 24.3 Å². The first kappa shape index (κ1) is 15.9. The highest BCUT2D eigenvalue weighted by Crippen LogP contribution is 2.18. The third kappa shape index (κ3) is 4.78. The van der Waals surface area contributed by atoms with E-state index in [-0.39, 0.29) is 18.1 Å².